The fourth-order valence-electron chi connectivity index (χ4n) is 2.96. The molecule has 104 valence electrons. The van der Waals surface area contributed by atoms with E-state index in [0.29, 0.717) is 5.15 Å². The number of pyridine rings is 1. The van der Waals surface area contributed by atoms with E-state index in [0.717, 1.165) is 38.3 Å². The van der Waals surface area contributed by atoms with Gasteiger partial charge in [0, 0.05) is 27.9 Å². The number of fused-ring (bicyclic) bond motifs is 4. The molecule has 0 unspecified atom stereocenters. The highest BCUT2D eigenvalue weighted by Gasteiger charge is 2.12. The monoisotopic (exact) mass is 296 g/mol. The van der Waals surface area contributed by atoms with Crippen LogP contribution in [0.2, 0.25) is 5.15 Å². The van der Waals surface area contributed by atoms with Crippen molar-refractivity contribution in [2.24, 2.45) is 0 Å². The van der Waals surface area contributed by atoms with Crippen LogP contribution >= 0.6 is 11.6 Å². The molecular weight excluding hydrogens is 284 g/mol. The van der Waals surface area contributed by atoms with Gasteiger partial charge in [-0.1, -0.05) is 11.6 Å². The molecule has 0 fully saturated rings. The zero-order chi connectivity index (χ0) is 14.6. The summed E-state index contributed by atoms with van der Waals surface area (Å²) in [6.07, 6.45) is 1.75. The number of nitrogens with one attached hydrogen (secondary N) is 1. The molecule has 0 aliphatic carbocycles. The molecule has 0 spiro atoms. The molecule has 0 saturated carbocycles. The second-order valence-electron chi connectivity index (χ2n) is 5.16. The van der Waals surface area contributed by atoms with Crippen molar-refractivity contribution in [3.05, 3.63) is 47.2 Å². The average Bonchev–Trinajstić information content (AvgIpc) is 2.87. The maximum atomic E-state index is 6.26. The third-order valence-electron chi connectivity index (χ3n) is 4.06. The fraction of sp³-hybridized carbons (Fsp3) is 0.118. The lowest BCUT2D eigenvalue weighted by molar-refractivity contribution is 0.415. The van der Waals surface area contributed by atoms with Gasteiger partial charge in [-0.15, -0.1) is 0 Å². The predicted octanol–water partition coefficient (Wildman–Crippen LogP) is 4.84. The van der Waals surface area contributed by atoms with E-state index in [1.807, 2.05) is 24.3 Å². The zero-order valence-electron chi connectivity index (χ0n) is 11.7. The summed E-state index contributed by atoms with van der Waals surface area (Å²) in [5, 5.41) is 4.92. The molecule has 0 atom stereocenters. The first-order chi connectivity index (χ1) is 10.2. The number of aromatic nitrogens is 2. The Hall–Kier alpha value is -2.26. The number of hydrogen-bond donors (Lipinski definition) is 1. The van der Waals surface area contributed by atoms with E-state index in [1.54, 1.807) is 13.3 Å². The molecule has 0 aliphatic heterocycles. The highest BCUT2D eigenvalue weighted by Crippen LogP contribution is 2.35. The Bertz CT molecular complexity index is 1000. The zero-order valence-corrected chi connectivity index (χ0v) is 12.5. The van der Waals surface area contributed by atoms with Crippen LogP contribution in [0.25, 0.3) is 32.6 Å². The van der Waals surface area contributed by atoms with Crippen molar-refractivity contribution in [1.29, 1.82) is 0 Å². The van der Waals surface area contributed by atoms with Crippen LogP contribution in [-0.2, 0) is 0 Å². The molecule has 0 aliphatic rings. The molecule has 0 amide bonds. The summed E-state index contributed by atoms with van der Waals surface area (Å²) in [6, 6.07) is 10.1. The number of halogens is 1. The second kappa shape index (κ2) is 4.37. The highest BCUT2D eigenvalue weighted by molar-refractivity contribution is 6.35. The Morgan fingerprint density at radius 1 is 1.05 bits per heavy atom. The van der Waals surface area contributed by atoms with Crippen LogP contribution in [0.5, 0.6) is 5.75 Å². The molecule has 21 heavy (non-hydrogen) atoms. The van der Waals surface area contributed by atoms with Crippen LogP contribution in [0, 0.1) is 6.92 Å². The third-order valence-corrected chi connectivity index (χ3v) is 4.36. The molecule has 2 aromatic carbocycles. The largest absolute Gasteiger partial charge is 0.497 e. The standard InChI is InChI=1S/C17H13ClN2O/c1-9-11-5-6-19-17(18)14(11)8-13-12-7-10(21-2)3-4-15(12)20-16(9)13/h3-8,20H,1-2H3. The van der Waals surface area contributed by atoms with Crippen LogP contribution in [0.4, 0.5) is 0 Å². The molecule has 4 aromatic rings. The fourth-order valence-corrected chi connectivity index (χ4v) is 3.17. The summed E-state index contributed by atoms with van der Waals surface area (Å²) in [4.78, 5) is 7.67. The number of aromatic amines is 1. The van der Waals surface area contributed by atoms with E-state index in [1.165, 1.54) is 5.56 Å². The topological polar surface area (TPSA) is 37.9 Å². The number of benzene rings is 2. The number of rotatable bonds is 1. The summed E-state index contributed by atoms with van der Waals surface area (Å²) in [5.41, 5.74) is 3.41. The van der Waals surface area contributed by atoms with Gasteiger partial charge in [-0.3, -0.25) is 0 Å². The average molecular weight is 297 g/mol. The van der Waals surface area contributed by atoms with Gasteiger partial charge in [0.15, 0.2) is 0 Å². The molecule has 1 N–H and O–H groups in total. The van der Waals surface area contributed by atoms with Crippen LogP contribution in [0.1, 0.15) is 5.56 Å². The maximum Gasteiger partial charge on any atom is 0.136 e. The molecule has 2 heterocycles. The Morgan fingerprint density at radius 2 is 1.90 bits per heavy atom. The van der Waals surface area contributed by atoms with Gasteiger partial charge in [-0.05, 0) is 48.2 Å². The number of ether oxygens (including phenoxy) is 1. The van der Waals surface area contributed by atoms with Gasteiger partial charge in [0.25, 0.3) is 0 Å². The predicted molar refractivity (Wildman–Crippen MR) is 87.4 cm³/mol. The molecule has 2 aromatic heterocycles. The van der Waals surface area contributed by atoms with Gasteiger partial charge in [-0.25, -0.2) is 4.98 Å². The number of nitrogens with zero attached hydrogens (tertiary/aromatic N) is 1. The van der Waals surface area contributed by atoms with Crippen molar-refractivity contribution in [3.8, 4) is 5.75 Å². The number of methoxy groups -OCH3 is 1. The van der Waals surface area contributed by atoms with Crippen molar-refractivity contribution in [3.63, 3.8) is 0 Å². The first kappa shape index (κ1) is 12.5. The molecule has 0 radical (unpaired) electrons. The molecule has 4 rings (SSSR count). The minimum absolute atomic E-state index is 0.537. The molecular formula is C17H13ClN2O. The van der Waals surface area contributed by atoms with Crippen LogP contribution in [0.3, 0.4) is 0 Å². The normalized spacial score (nSPS) is 11.6. The van der Waals surface area contributed by atoms with Gasteiger partial charge in [0.2, 0.25) is 0 Å². The molecule has 3 nitrogen and oxygen atoms in total. The van der Waals surface area contributed by atoms with Crippen molar-refractivity contribution >= 4 is 44.2 Å². The Morgan fingerprint density at radius 3 is 2.71 bits per heavy atom. The summed E-state index contributed by atoms with van der Waals surface area (Å²) in [5.74, 6) is 0.846. The van der Waals surface area contributed by atoms with Gasteiger partial charge in [0.1, 0.15) is 10.9 Å². The van der Waals surface area contributed by atoms with Gasteiger partial charge < -0.3 is 9.72 Å². The highest BCUT2D eigenvalue weighted by atomic mass is 35.5. The first-order valence-electron chi connectivity index (χ1n) is 6.72. The quantitative estimate of drug-likeness (QED) is 0.510. The number of hydrogen-bond acceptors (Lipinski definition) is 2. The van der Waals surface area contributed by atoms with Crippen LogP contribution < -0.4 is 4.74 Å². The van der Waals surface area contributed by atoms with Gasteiger partial charge in [-0.2, -0.15) is 0 Å². The van der Waals surface area contributed by atoms with E-state index >= 15 is 0 Å². The SMILES string of the molecule is COc1ccc2[nH]c3c(C)c4ccnc(Cl)c4cc3c2c1. The molecule has 4 heteroatoms. The lowest BCUT2D eigenvalue weighted by Crippen LogP contribution is -1.84. The molecule has 0 bridgehead atoms. The second-order valence-corrected chi connectivity index (χ2v) is 5.52. The van der Waals surface area contributed by atoms with Crippen molar-refractivity contribution < 1.29 is 4.74 Å². The van der Waals surface area contributed by atoms with Crippen molar-refractivity contribution in [2.45, 2.75) is 6.92 Å². The van der Waals surface area contributed by atoms with Gasteiger partial charge in [0.05, 0.1) is 12.6 Å². The third kappa shape index (κ3) is 1.71. The number of aryl methyl sites for hydroxylation is 1. The lowest BCUT2D eigenvalue weighted by atomic mass is 10.0. The maximum absolute atomic E-state index is 6.26. The Kier molecular flexibility index (Phi) is 2.59. The minimum atomic E-state index is 0.537. The van der Waals surface area contributed by atoms with Crippen LogP contribution in [0.15, 0.2) is 36.5 Å². The Labute approximate surface area is 126 Å². The summed E-state index contributed by atoms with van der Waals surface area (Å²) < 4.78 is 5.33. The van der Waals surface area contributed by atoms with E-state index in [4.69, 9.17) is 16.3 Å². The van der Waals surface area contributed by atoms with Crippen molar-refractivity contribution in [1.82, 2.24) is 9.97 Å². The van der Waals surface area contributed by atoms with Crippen LogP contribution in [-0.4, -0.2) is 17.1 Å². The Balaban J connectivity index is 2.24. The first-order valence-corrected chi connectivity index (χ1v) is 7.10. The van der Waals surface area contributed by atoms with Crippen molar-refractivity contribution in [2.75, 3.05) is 7.11 Å². The van der Waals surface area contributed by atoms with E-state index < -0.39 is 0 Å². The summed E-state index contributed by atoms with van der Waals surface area (Å²) in [7, 11) is 1.68. The number of H-pyrrole nitrogens is 1. The van der Waals surface area contributed by atoms with E-state index in [-0.39, 0.29) is 0 Å². The molecule has 0 saturated heterocycles. The van der Waals surface area contributed by atoms with Gasteiger partial charge >= 0.3 is 0 Å². The smallest absolute Gasteiger partial charge is 0.136 e. The van der Waals surface area contributed by atoms with E-state index in [2.05, 4.69) is 23.0 Å². The lowest BCUT2D eigenvalue weighted by Gasteiger charge is -2.05. The summed E-state index contributed by atoms with van der Waals surface area (Å²) >= 11 is 6.26. The minimum Gasteiger partial charge on any atom is -0.497 e. The summed E-state index contributed by atoms with van der Waals surface area (Å²) in [6.45, 7) is 2.10. The van der Waals surface area contributed by atoms with E-state index in [9.17, 15) is 0 Å².